The van der Waals surface area contributed by atoms with Gasteiger partial charge in [-0.1, -0.05) is 60.7 Å². The average molecular weight is 331 g/mol. The SMILES string of the molecule is CC1C(c2ccccc2)OCCN1S(=O)(=O)Cc1ccccc1. The van der Waals surface area contributed by atoms with Gasteiger partial charge < -0.3 is 4.74 Å². The third kappa shape index (κ3) is 3.63. The molecule has 0 radical (unpaired) electrons. The minimum Gasteiger partial charge on any atom is -0.370 e. The molecule has 5 heteroatoms. The number of morpholine rings is 1. The van der Waals surface area contributed by atoms with Gasteiger partial charge in [-0.15, -0.1) is 0 Å². The highest BCUT2D eigenvalue weighted by atomic mass is 32.2. The van der Waals surface area contributed by atoms with Gasteiger partial charge in [0, 0.05) is 6.54 Å². The van der Waals surface area contributed by atoms with E-state index in [2.05, 4.69) is 0 Å². The van der Waals surface area contributed by atoms with E-state index < -0.39 is 10.0 Å². The quantitative estimate of drug-likeness (QED) is 0.865. The topological polar surface area (TPSA) is 46.6 Å². The highest BCUT2D eigenvalue weighted by Crippen LogP contribution is 2.30. The predicted octanol–water partition coefficient (Wildman–Crippen LogP) is 2.98. The standard InChI is InChI=1S/C18H21NO3S/c1-15-18(17-10-6-3-7-11-17)22-13-12-19(15)23(20,21)14-16-8-4-2-5-9-16/h2-11,15,18H,12-14H2,1H3. The van der Waals surface area contributed by atoms with Crippen LogP contribution in [0.3, 0.4) is 0 Å². The van der Waals surface area contributed by atoms with E-state index in [0.29, 0.717) is 13.2 Å². The summed E-state index contributed by atoms with van der Waals surface area (Å²) in [6.07, 6.45) is -0.226. The molecule has 2 unspecified atom stereocenters. The average Bonchev–Trinajstić information content (AvgIpc) is 2.56. The first-order chi connectivity index (χ1) is 11.1. The second kappa shape index (κ2) is 6.83. The minimum atomic E-state index is -3.37. The lowest BCUT2D eigenvalue weighted by atomic mass is 10.0. The molecule has 2 aromatic rings. The highest BCUT2D eigenvalue weighted by Gasteiger charge is 2.36. The molecule has 2 aromatic carbocycles. The van der Waals surface area contributed by atoms with Crippen molar-refractivity contribution in [2.45, 2.75) is 24.8 Å². The number of hydrogen-bond donors (Lipinski definition) is 0. The molecule has 0 aromatic heterocycles. The first-order valence-corrected chi connectivity index (χ1v) is 9.39. The van der Waals surface area contributed by atoms with E-state index in [1.54, 1.807) is 4.31 Å². The van der Waals surface area contributed by atoms with Gasteiger partial charge >= 0.3 is 0 Å². The molecule has 2 atom stereocenters. The number of benzene rings is 2. The monoisotopic (exact) mass is 331 g/mol. The van der Waals surface area contributed by atoms with E-state index in [9.17, 15) is 8.42 Å². The summed E-state index contributed by atoms with van der Waals surface area (Å²) in [6, 6.07) is 18.9. The van der Waals surface area contributed by atoms with E-state index >= 15 is 0 Å². The first kappa shape index (κ1) is 16.2. The van der Waals surface area contributed by atoms with Gasteiger partial charge in [-0.05, 0) is 18.1 Å². The molecular weight excluding hydrogens is 310 g/mol. The lowest BCUT2D eigenvalue weighted by Gasteiger charge is -2.38. The highest BCUT2D eigenvalue weighted by molar-refractivity contribution is 7.88. The van der Waals surface area contributed by atoms with E-state index in [1.165, 1.54) is 0 Å². The van der Waals surface area contributed by atoms with Crippen molar-refractivity contribution in [2.24, 2.45) is 0 Å². The molecule has 0 spiro atoms. The van der Waals surface area contributed by atoms with Gasteiger partial charge in [0.1, 0.15) is 0 Å². The van der Waals surface area contributed by atoms with Crippen LogP contribution in [0.15, 0.2) is 60.7 Å². The first-order valence-electron chi connectivity index (χ1n) is 7.78. The summed E-state index contributed by atoms with van der Waals surface area (Å²) < 4.78 is 33.1. The van der Waals surface area contributed by atoms with Crippen LogP contribution >= 0.6 is 0 Å². The van der Waals surface area contributed by atoms with Gasteiger partial charge in [0.15, 0.2) is 0 Å². The molecule has 122 valence electrons. The predicted molar refractivity (Wildman–Crippen MR) is 90.4 cm³/mol. The Bertz CT molecular complexity index is 731. The molecule has 0 saturated carbocycles. The van der Waals surface area contributed by atoms with Crippen LogP contribution in [0.1, 0.15) is 24.2 Å². The number of sulfonamides is 1. The van der Waals surface area contributed by atoms with Crippen LogP contribution in [-0.2, 0) is 20.5 Å². The van der Waals surface area contributed by atoms with Crippen molar-refractivity contribution >= 4 is 10.0 Å². The lowest BCUT2D eigenvalue weighted by Crippen LogP contribution is -2.48. The number of hydrogen-bond acceptors (Lipinski definition) is 3. The van der Waals surface area contributed by atoms with Crippen LogP contribution < -0.4 is 0 Å². The van der Waals surface area contributed by atoms with Crippen LogP contribution in [0.4, 0.5) is 0 Å². The zero-order chi connectivity index (χ0) is 16.3. The lowest BCUT2D eigenvalue weighted by molar-refractivity contribution is -0.0361. The summed E-state index contributed by atoms with van der Waals surface area (Å²) in [6.45, 7) is 2.73. The summed E-state index contributed by atoms with van der Waals surface area (Å²) >= 11 is 0. The van der Waals surface area contributed by atoms with Crippen molar-refractivity contribution in [3.05, 3.63) is 71.8 Å². The molecule has 23 heavy (non-hydrogen) atoms. The smallest absolute Gasteiger partial charge is 0.218 e. The van der Waals surface area contributed by atoms with Crippen LogP contribution in [0, 0.1) is 0 Å². The number of ether oxygens (including phenoxy) is 1. The Morgan fingerprint density at radius 1 is 1.04 bits per heavy atom. The second-order valence-electron chi connectivity index (χ2n) is 5.80. The molecule has 1 fully saturated rings. The zero-order valence-electron chi connectivity index (χ0n) is 13.1. The van der Waals surface area contributed by atoms with Crippen molar-refractivity contribution in [1.82, 2.24) is 4.31 Å². The Balaban J connectivity index is 1.81. The van der Waals surface area contributed by atoms with Crippen molar-refractivity contribution in [2.75, 3.05) is 13.2 Å². The van der Waals surface area contributed by atoms with Gasteiger partial charge in [0.25, 0.3) is 0 Å². The van der Waals surface area contributed by atoms with E-state index in [4.69, 9.17) is 4.74 Å². The molecule has 4 nitrogen and oxygen atoms in total. The Kier molecular flexibility index (Phi) is 4.80. The molecule has 1 aliphatic heterocycles. The summed E-state index contributed by atoms with van der Waals surface area (Å²) in [5.74, 6) is 0.0275. The third-order valence-electron chi connectivity index (χ3n) is 4.18. The van der Waals surface area contributed by atoms with E-state index in [1.807, 2.05) is 67.6 Å². The second-order valence-corrected chi connectivity index (χ2v) is 7.72. The van der Waals surface area contributed by atoms with Crippen LogP contribution in [0.5, 0.6) is 0 Å². The third-order valence-corrected chi connectivity index (χ3v) is 6.11. The fraction of sp³-hybridized carbons (Fsp3) is 0.333. The van der Waals surface area contributed by atoms with Crippen molar-refractivity contribution in [3.63, 3.8) is 0 Å². The molecule has 1 heterocycles. The van der Waals surface area contributed by atoms with Gasteiger partial charge in [-0.2, -0.15) is 4.31 Å². The van der Waals surface area contributed by atoms with Crippen molar-refractivity contribution in [1.29, 1.82) is 0 Å². The van der Waals surface area contributed by atoms with Crippen LogP contribution in [0.2, 0.25) is 0 Å². The molecule has 0 bridgehead atoms. The molecule has 0 N–H and O–H groups in total. The fourth-order valence-corrected chi connectivity index (χ4v) is 4.79. The Labute approximate surface area is 137 Å². The molecule has 0 amide bonds. The summed E-state index contributed by atoms with van der Waals surface area (Å²) in [4.78, 5) is 0. The fourth-order valence-electron chi connectivity index (χ4n) is 3.04. The number of nitrogens with zero attached hydrogens (tertiary/aromatic N) is 1. The van der Waals surface area contributed by atoms with Crippen LogP contribution in [-0.4, -0.2) is 31.9 Å². The van der Waals surface area contributed by atoms with Crippen LogP contribution in [0.25, 0.3) is 0 Å². The summed E-state index contributed by atoms with van der Waals surface area (Å²) in [5, 5.41) is 0. The van der Waals surface area contributed by atoms with E-state index in [-0.39, 0.29) is 17.9 Å². The maximum absolute atomic E-state index is 12.8. The summed E-state index contributed by atoms with van der Waals surface area (Å²) in [5.41, 5.74) is 1.82. The van der Waals surface area contributed by atoms with Crippen molar-refractivity contribution < 1.29 is 13.2 Å². The molecule has 1 saturated heterocycles. The number of rotatable bonds is 4. The Hall–Kier alpha value is -1.69. The molecule has 0 aliphatic carbocycles. The molecular formula is C18H21NO3S. The maximum Gasteiger partial charge on any atom is 0.218 e. The molecule has 1 aliphatic rings. The van der Waals surface area contributed by atoms with Crippen molar-refractivity contribution in [3.8, 4) is 0 Å². The Morgan fingerprint density at radius 2 is 1.65 bits per heavy atom. The largest absolute Gasteiger partial charge is 0.370 e. The van der Waals surface area contributed by atoms with Gasteiger partial charge in [-0.25, -0.2) is 8.42 Å². The normalized spacial score (nSPS) is 22.8. The van der Waals surface area contributed by atoms with Gasteiger partial charge in [-0.3, -0.25) is 0 Å². The Morgan fingerprint density at radius 3 is 2.30 bits per heavy atom. The molecule has 3 rings (SSSR count). The zero-order valence-corrected chi connectivity index (χ0v) is 13.9. The summed E-state index contributed by atoms with van der Waals surface area (Å²) in [7, 11) is -3.37. The minimum absolute atomic E-state index is 0.0275. The van der Waals surface area contributed by atoms with E-state index in [0.717, 1.165) is 11.1 Å². The van der Waals surface area contributed by atoms with Gasteiger partial charge in [0.05, 0.1) is 24.5 Å². The van der Waals surface area contributed by atoms with Gasteiger partial charge in [0.2, 0.25) is 10.0 Å². The maximum atomic E-state index is 12.8.